The van der Waals surface area contributed by atoms with E-state index in [0.717, 1.165) is 36.1 Å². The van der Waals surface area contributed by atoms with Crippen LogP contribution in [0.5, 0.6) is 0 Å². The van der Waals surface area contributed by atoms with E-state index < -0.39 is 0 Å². The Kier molecular flexibility index (Phi) is 7.11. The number of anilines is 2. The molecule has 0 aliphatic carbocycles. The molecule has 2 aromatic rings. The van der Waals surface area contributed by atoms with Crippen molar-refractivity contribution in [2.45, 2.75) is 64.8 Å². The molecule has 1 atom stereocenters. The second kappa shape index (κ2) is 9.44. The topological polar surface area (TPSA) is 94.1 Å². The molecule has 0 spiro atoms. The molecule has 0 aromatic carbocycles. The predicted molar refractivity (Wildman–Crippen MR) is 124 cm³/mol. The van der Waals surface area contributed by atoms with Crippen LogP contribution >= 0.6 is 0 Å². The molecule has 0 bridgehead atoms. The maximum Gasteiger partial charge on any atom is 0.200 e. The van der Waals surface area contributed by atoms with E-state index in [4.69, 9.17) is 29.4 Å². The van der Waals surface area contributed by atoms with E-state index in [1.54, 1.807) is 7.11 Å². The van der Waals surface area contributed by atoms with Crippen LogP contribution in [-0.2, 0) is 20.3 Å². The summed E-state index contributed by atoms with van der Waals surface area (Å²) in [6.07, 6.45) is 0.966. The molecular weight excluding hydrogens is 392 g/mol. The van der Waals surface area contributed by atoms with Gasteiger partial charge in [-0.25, -0.2) is 19.9 Å². The molecule has 31 heavy (non-hydrogen) atoms. The van der Waals surface area contributed by atoms with Gasteiger partial charge in [0, 0.05) is 43.2 Å². The molecule has 170 valence electrons. The van der Waals surface area contributed by atoms with Gasteiger partial charge in [0.25, 0.3) is 0 Å². The first-order chi connectivity index (χ1) is 14.6. The highest BCUT2D eigenvalue weighted by atomic mass is 16.5. The highest BCUT2D eigenvalue weighted by Gasteiger charge is 2.24. The standard InChI is InChI=1S/C23H36N6O2/c1-22(2,3)16-12-18(24-9-11-30-7)28-20(26-16)21-27-17(23(4,5)6)13-19(29-21)25-15-8-10-31-14-15/h12-13,15H,8-11,14H2,1-7H3,(H,24,26,28)(H,25,27,29)/t15-/m0/s1. The zero-order chi connectivity index (χ0) is 22.6. The quantitative estimate of drug-likeness (QED) is 0.644. The van der Waals surface area contributed by atoms with Gasteiger partial charge in [-0.05, 0) is 6.42 Å². The van der Waals surface area contributed by atoms with E-state index in [1.807, 2.05) is 12.1 Å². The average molecular weight is 429 g/mol. The molecule has 1 aliphatic heterocycles. The summed E-state index contributed by atoms with van der Waals surface area (Å²) in [4.78, 5) is 19.2. The highest BCUT2D eigenvalue weighted by Crippen LogP contribution is 2.28. The smallest absolute Gasteiger partial charge is 0.200 e. The van der Waals surface area contributed by atoms with Crippen molar-refractivity contribution in [2.75, 3.05) is 44.1 Å². The molecule has 8 heteroatoms. The minimum atomic E-state index is -0.140. The third-order valence-corrected chi connectivity index (χ3v) is 5.08. The van der Waals surface area contributed by atoms with Crippen molar-refractivity contribution in [3.8, 4) is 11.6 Å². The Morgan fingerprint density at radius 2 is 1.52 bits per heavy atom. The molecule has 3 rings (SSSR count). The van der Waals surface area contributed by atoms with E-state index in [2.05, 4.69) is 52.2 Å². The molecule has 3 heterocycles. The van der Waals surface area contributed by atoms with Gasteiger partial charge in [0.1, 0.15) is 11.6 Å². The van der Waals surface area contributed by atoms with Crippen LogP contribution in [0.4, 0.5) is 11.6 Å². The van der Waals surface area contributed by atoms with Crippen molar-refractivity contribution in [1.29, 1.82) is 0 Å². The normalized spacial score (nSPS) is 17.1. The van der Waals surface area contributed by atoms with Crippen LogP contribution in [-0.4, -0.2) is 59.5 Å². The van der Waals surface area contributed by atoms with Crippen molar-refractivity contribution in [3.63, 3.8) is 0 Å². The zero-order valence-electron chi connectivity index (χ0n) is 19.9. The van der Waals surface area contributed by atoms with Crippen LogP contribution < -0.4 is 10.6 Å². The average Bonchev–Trinajstić information content (AvgIpc) is 3.19. The third-order valence-electron chi connectivity index (χ3n) is 5.08. The molecule has 0 amide bonds. The number of aromatic nitrogens is 4. The van der Waals surface area contributed by atoms with Gasteiger partial charge in [0.2, 0.25) is 0 Å². The summed E-state index contributed by atoms with van der Waals surface area (Å²) in [7, 11) is 1.68. The molecule has 2 aromatic heterocycles. The number of hydrogen-bond acceptors (Lipinski definition) is 8. The Bertz CT molecular complexity index is 883. The third kappa shape index (κ3) is 6.33. The zero-order valence-corrected chi connectivity index (χ0v) is 19.9. The summed E-state index contributed by atoms with van der Waals surface area (Å²) in [5.41, 5.74) is 1.60. The summed E-state index contributed by atoms with van der Waals surface area (Å²) in [6.45, 7) is 15.6. The SMILES string of the molecule is COCCNc1cc(C(C)(C)C)nc(-c2nc(N[C@H]3CCOC3)cc(C(C)(C)C)n2)n1. The largest absolute Gasteiger partial charge is 0.383 e. The lowest BCUT2D eigenvalue weighted by molar-refractivity contribution is 0.195. The van der Waals surface area contributed by atoms with Crippen LogP contribution in [0, 0.1) is 0 Å². The number of nitrogens with one attached hydrogen (secondary N) is 2. The summed E-state index contributed by atoms with van der Waals surface area (Å²) >= 11 is 0. The van der Waals surface area contributed by atoms with Crippen molar-refractivity contribution in [2.24, 2.45) is 0 Å². The van der Waals surface area contributed by atoms with Gasteiger partial charge in [0.15, 0.2) is 11.6 Å². The minimum Gasteiger partial charge on any atom is -0.383 e. The van der Waals surface area contributed by atoms with Crippen molar-refractivity contribution < 1.29 is 9.47 Å². The van der Waals surface area contributed by atoms with Gasteiger partial charge in [0.05, 0.1) is 30.6 Å². The summed E-state index contributed by atoms with van der Waals surface area (Å²) < 4.78 is 10.7. The van der Waals surface area contributed by atoms with Crippen LogP contribution in [0.2, 0.25) is 0 Å². The predicted octanol–water partition coefficient (Wildman–Crippen LogP) is 3.79. The molecule has 0 radical (unpaired) electrons. The molecule has 1 aliphatic rings. The van der Waals surface area contributed by atoms with Crippen molar-refractivity contribution in [1.82, 2.24) is 19.9 Å². The Morgan fingerprint density at radius 1 is 0.935 bits per heavy atom. The fraction of sp³-hybridized carbons (Fsp3) is 0.652. The van der Waals surface area contributed by atoms with Crippen molar-refractivity contribution in [3.05, 3.63) is 23.5 Å². The van der Waals surface area contributed by atoms with Gasteiger partial charge in [-0.15, -0.1) is 0 Å². The van der Waals surface area contributed by atoms with Gasteiger partial charge < -0.3 is 20.1 Å². The first-order valence-electron chi connectivity index (χ1n) is 10.9. The fourth-order valence-electron chi connectivity index (χ4n) is 3.17. The molecule has 1 saturated heterocycles. The maximum atomic E-state index is 5.51. The monoisotopic (exact) mass is 428 g/mol. The van der Waals surface area contributed by atoms with Gasteiger partial charge in [-0.2, -0.15) is 0 Å². The van der Waals surface area contributed by atoms with Gasteiger partial charge in [-0.3, -0.25) is 0 Å². The van der Waals surface area contributed by atoms with Crippen molar-refractivity contribution >= 4 is 11.6 Å². The van der Waals surface area contributed by atoms with E-state index >= 15 is 0 Å². The van der Waals surface area contributed by atoms with Crippen LogP contribution in [0.3, 0.4) is 0 Å². The molecular formula is C23H36N6O2. The first kappa shape index (κ1) is 23.3. The Labute approximate surface area is 185 Å². The minimum absolute atomic E-state index is 0.137. The Hall–Kier alpha value is -2.32. The maximum absolute atomic E-state index is 5.51. The molecule has 0 unspecified atom stereocenters. The van der Waals surface area contributed by atoms with Gasteiger partial charge >= 0.3 is 0 Å². The van der Waals surface area contributed by atoms with Crippen LogP contribution in [0.15, 0.2) is 12.1 Å². The van der Waals surface area contributed by atoms with E-state index in [1.165, 1.54) is 0 Å². The fourth-order valence-corrected chi connectivity index (χ4v) is 3.17. The van der Waals surface area contributed by atoms with E-state index in [9.17, 15) is 0 Å². The number of ether oxygens (including phenoxy) is 2. The second-order valence-electron chi connectivity index (χ2n) is 10.0. The lowest BCUT2D eigenvalue weighted by atomic mass is 9.91. The summed E-state index contributed by atoms with van der Waals surface area (Å²) in [5.74, 6) is 2.57. The van der Waals surface area contributed by atoms with Crippen LogP contribution in [0.1, 0.15) is 59.4 Å². The highest BCUT2D eigenvalue weighted by molar-refractivity contribution is 5.54. The van der Waals surface area contributed by atoms with Crippen LogP contribution in [0.25, 0.3) is 11.6 Å². The van der Waals surface area contributed by atoms with Gasteiger partial charge in [-0.1, -0.05) is 41.5 Å². The number of rotatable bonds is 7. The lowest BCUT2D eigenvalue weighted by Gasteiger charge is -2.22. The van der Waals surface area contributed by atoms with E-state index in [0.29, 0.717) is 31.4 Å². The summed E-state index contributed by atoms with van der Waals surface area (Å²) in [6, 6.07) is 4.26. The molecule has 0 saturated carbocycles. The number of hydrogen-bond donors (Lipinski definition) is 2. The number of nitrogens with zero attached hydrogens (tertiary/aromatic N) is 4. The molecule has 8 nitrogen and oxygen atoms in total. The van der Waals surface area contributed by atoms with E-state index in [-0.39, 0.29) is 16.9 Å². The molecule has 1 fully saturated rings. The first-order valence-corrected chi connectivity index (χ1v) is 10.9. The Balaban J connectivity index is 2.05. The second-order valence-corrected chi connectivity index (χ2v) is 10.0. The number of methoxy groups -OCH3 is 1. The summed E-state index contributed by atoms with van der Waals surface area (Å²) in [5, 5.41) is 6.82. The Morgan fingerprint density at radius 3 is 2.03 bits per heavy atom. The lowest BCUT2D eigenvalue weighted by Crippen LogP contribution is -2.22. The molecule has 2 N–H and O–H groups in total.